The number of anilines is 2. The monoisotopic (exact) mass is 294 g/mol. The van der Waals surface area contributed by atoms with Crippen LogP contribution in [-0.4, -0.2) is 17.9 Å². The van der Waals surface area contributed by atoms with Crippen molar-refractivity contribution in [2.45, 2.75) is 13.0 Å². The van der Waals surface area contributed by atoms with E-state index in [2.05, 4.69) is 15.6 Å². The summed E-state index contributed by atoms with van der Waals surface area (Å²) >= 11 is 1.19. The lowest BCUT2D eigenvalue weighted by Crippen LogP contribution is -2.26. The van der Waals surface area contributed by atoms with Gasteiger partial charge in [0, 0.05) is 7.05 Å². The van der Waals surface area contributed by atoms with Crippen LogP contribution in [0.2, 0.25) is 0 Å². The number of benzene rings is 1. The Bertz CT molecular complexity index is 611. The summed E-state index contributed by atoms with van der Waals surface area (Å²) in [4.78, 5) is 16.5. The number of amides is 1. The molecule has 1 atom stereocenters. The maximum absolute atomic E-state index is 12.9. The van der Waals surface area contributed by atoms with Crippen molar-refractivity contribution in [3.63, 3.8) is 0 Å². The maximum Gasteiger partial charge on any atom is 0.265 e. The van der Waals surface area contributed by atoms with Crippen LogP contribution in [-0.2, 0) is 0 Å². The van der Waals surface area contributed by atoms with Crippen molar-refractivity contribution in [1.82, 2.24) is 10.3 Å². The lowest BCUT2D eigenvalue weighted by Gasteiger charge is -2.13. The number of carbonyl (C=O) groups is 1. The molecule has 0 radical (unpaired) electrons. The third kappa shape index (κ3) is 3.05. The van der Waals surface area contributed by atoms with E-state index in [1.165, 1.54) is 23.5 Å². The van der Waals surface area contributed by atoms with Crippen molar-refractivity contribution in [2.24, 2.45) is 0 Å². The van der Waals surface area contributed by atoms with Gasteiger partial charge in [0.15, 0.2) is 5.13 Å². The summed E-state index contributed by atoms with van der Waals surface area (Å²) in [7, 11) is 1.71. The van der Waals surface area contributed by atoms with E-state index in [1.54, 1.807) is 19.2 Å². The number of rotatable bonds is 4. The van der Waals surface area contributed by atoms with Crippen molar-refractivity contribution in [3.05, 3.63) is 40.5 Å². The SMILES string of the molecule is CNc1nc(N)c(C(=O)NC(C)c2ccc(F)cc2)s1. The van der Waals surface area contributed by atoms with Gasteiger partial charge in [0.05, 0.1) is 6.04 Å². The Morgan fingerprint density at radius 3 is 2.60 bits per heavy atom. The molecule has 1 unspecified atom stereocenters. The fourth-order valence-corrected chi connectivity index (χ4v) is 2.44. The molecule has 1 amide bonds. The van der Waals surface area contributed by atoms with Crippen LogP contribution in [0.15, 0.2) is 24.3 Å². The number of halogens is 1. The summed E-state index contributed by atoms with van der Waals surface area (Å²) in [5.41, 5.74) is 6.52. The first-order valence-corrected chi connectivity index (χ1v) is 6.83. The third-order valence-corrected chi connectivity index (χ3v) is 3.88. The van der Waals surface area contributed by atoms with Gasteiger partial charge in [-0.25, -0.2) is 9.37 Å². The summed E-state index contributed by atoms with van der Waals surface area (Å²) in [5, 5.41) is 6.24. The quantitative estimate of drug-likeness (QED) is 0.809. The van der Waals surface area contributed by atoms with E-state index in [0.717, 1.165) is 5.56 Å². The predicted octanol–water partition coefficient (Wildman–Crippen LogP) is 2.40. The molecule has 2 aromatic rings. The molecule has 0 saturated carbocycles. The number of hydrogen-bond donors (Lipinski definition) is 3. The summed E-state index contributed by atoms with van der Waals surface area (Å²) < 4.78 is 12.9. The Morgan fingerprint density at radius 1 is 1.40 bits per heavy atom. The summed E-state index contributed by atoms with van der Waals surface area (Å²) in [5.74, 6) is -0.404. The molecular weight excluding hydrogens is 279 g/mol. The molecule has 0 fully saturated rings. The van der Waals surface area contributed by atoms with Crippen LogP contribution in [0.1, 0.15) is 28.2 Å². The minimum atomic E-state index is -0.308. The van der Waals surface area contributed by atoms with Crippen molar-refractivity contribution in [1.29, 1.82) is 0 Å². The molecule has 0 aliphatic heterocycles. The van der Waals surface area contributed by atoms with E-state index in [1.807, 2.05) is 6.92 Å². The van der Waals surface area contributed by atoms with Gasteiger partial charge in [-0.1, -0.05) is 23.5 Å². The fourth-order valence-electron chi connectivity index (χ4n) is 1.70. The molecule has 1 aromatic carbocycles. The molecule has 0 saturated heterocycles. The van der Waals surface area contributed by atoms with E-state index >= 15 is 0 Å². The highest BCUT2D eigenvalue weighted by Gasteiger charge is 2.18. The van der Waals surface area contributed by atoms with Crippen molar-refractivity contribution in [2.75, 3.05) is 18.1 Å². The summed E-state index contributed by atoms with van der Waals surface area (Å²) in [6, 6.07) is 5.74. The Hall–Kier alpha value is -2.15. The number of nitrogen functional groups attached to an aromatic ring is 1. The normalized spacial score (nSPS) is 11.9. The molecule has 0 bridgehead atoms. The smallest absolute Gasteiger partial charge is 0.265 e. The number of carbonyl (C=O) groups excluding carboxylic acids is 1. The number of nitrogens with zero attached hydrogens (tertiary/aromatic N) is 1. The van der Waals surface area contributed by atoms with Gasteiger partial charge in [-0.05, 0) is 24.6 Å². The predicted molar refractivity (Wildman–Crippen MR) is 78.4 cm³/mol. The van der Waals surface area contributed by atoms with Gasteiger partial charge in [-0.15, -0.1) is 0 Å². The molecule has 0 aliphatic carbocycles. The van der Waals surface area contributed by atoms with Crippen LogP contribution in [0.3, 0.4) is 0 Å². The van der Waals surface area contributed by atoms with Crippen LogP contribution >= 0.6 is 11.3 Å². The second-order valence-corrected chi connectivity index (χ2v) is 5.23. The molecule has 5 nitrogen and oxygen atoms in total. The Kier molecular flexibility index (Phi) is 4.19. The first-order chi connectivity index (χ1) is 9.51. The highest BCUT2D eigenvalue weighted by Crippen LogP contribution is 2.25. The number of nitrogens with two attached hydrogens (primary N) is 1. The molecule has 20 heavy (non-hydrogen) atoms. The second-order valence-electron chi connectivity index (χ2n) is 4.23. The molecule has 106 valence electrons. The average Bonchev–Trinajstić information content (AvgIpc) is 2.80. The zero-order valence-electron chi connectivity index (χ0n) is 11.1. The maximum atomic E-state index is 12.9. The molecule has 1 aromatic heterocycles. The van der Waals surface area contributed by atoms with Crippen molar-refractivity contribution >= 4 is 28.2 Å². The highest BCUT2D eigenvalue weighted by atomic mass is 32.1. The van der Waals surface area contributed by atoms with Crippen molar-refractivity contribution in [3.8, 4) is 0 Å². The Morgan fingerprint density at radius 2 is 2.05 bits per heavy atom. The Balaban J connectivity index is 2.10. The number of thiazole rings is 1. The first kappa shape index (κ1) is 14.3. The average molecular weight is 294 g/mol. The molecule has 0 spiro atoms. The van der Waals surface area contributed by atoms with Gasteiger partial charge in [0.25, 0.3) is 5.91 Å². The number of hydrogen-bond acceptors (Lipinski definition) is 5. The lowest BCUT2D eigenvalue weighted by molar-refractivity contribution is 0.0944. The molecule has 0 aliphatic rings. The van der Waals surface area contributed by atoms with Gasteiger partial charge in [-0.3, -0.25) is 4.79 Å². The molecular formula is C13H15FN4OS. The van der Waals surface area contributed by atoms with E-state index < -0.39 is 0 Å². The number of aromatic nitrogens is 1. The largest absolute Gasteiger partial charge is 0.382 e. The van der Waals surface area contributed by atoms with Gasteiger partial charge >= 0.3 is 0 Å². The summed E-state index contributed by atoms with van der Waals surface area (Å²) in [6.07, 6.45) is 0. The van der Waals surface area contributed by atoms with Gasteiger partial charge in [0.2, 0.25) is 0 Å². The van der Waals surface area contributed by atoms with Gasteiger partial charge in [-0.2, -0.15) is 0 Å². The number of nitrogens with one attached hydrogen (secondary N) is 2. The molecule has 4 N–H and O–H groups in total. The Labute approximate surface area is 120 Å². The second kappa shape index (κ2) is 5.87. The van der Waals surface area contributed by atoms with E-state index in [9.17, 15) is 9.18 Å². The van der Waals surface area contributed by atoms with E-state index in [0.29, 0.717) is 10.0 Å². The van der Waals surface area contributed by atoms with Crippen LogP contribution in [0, 0.1) is 5.82 Å². The lowest BCUT2D eigenvalue weighted by atomic mass is 10.1. The third-order valence-electron chi connectivity index (χ3n) is 2.79. The van der Waals surface area contributed by atoms with Gasteiger partial charge < -0.3 is 16.4 Å². The minimum absolute atomic E-state index is 0.197. The van der Waals surface area contributed by atoms with E-state index in [-0.39, 0.29) is 23.6 Å². The van der Waals surface area contributed by atoms with Crippen LogP contribution in [0.4, 0.5) is 15.3 Å². The highest BCUT2D eigenvalue weighted by molar-refractivity contribution is 7.18. The van der Waals surface area contributed by atoms with Crippen molar-refractivity contribution < 1.29 is 9.18 Å². The topological polar surface area (TPSA) is 80.0 Å². The fraction of sp³-hybridized carbons (Fsp3) is 0.231. The minimum Gasteiger partial charge on any atom is -0.382 e. The standard InChI is InChI=1S/C13H15FN4OS/c1-7(8-3-5-9(14)6-4-8)17-12(19)10-11(15)18-13(16-2)20-10/h3-7H,15H2,1-2H3,(H,16,18)(H,17,19). The van der Waals surface area contributed by atoms with Crippen LogP contribution in [0.25, 0.3) is 0 Å². The first-order valence-electron chi connectivity index (χ1n) is 6.01. The molecule has 7 heteroatoms. The van der Waals surface area contributed by atoms with Gasteiger partial charge in [0.1, 0.15) is 16.5 Å². The van der Waals surface area contributed by atoms with Crippen LogP contribution in [0.5, 0.6) is 0 Å². The molecule has 2 rings (SSSR count). The zero-order chi connectivity index (χ0) is 14.7. The molecule has 1 heterocycles. The van der Waals surface area contributed by atoms with E-state index in [4.69, 9.17) is 5.73 Å². The summed E-state index contributed by atoms with van der Waals surface area (Å²) in [6.45, 7) is 1.82. The zero-order valence-corrected chi connectivity index (χ0v) is 11.9. The van der Waals surface area contributed by atoms with Crippen LogP contribution < -0.4 is 16.4 Å².